The number of phenolic OH excluding ortho intramolecular Hbond substituents is 2. The molecular weight excluding hydrogens is 399 g/mol. The van der Waals surface area contributed by atoms with Crippen molar-refractivity contribution in [2.45, 2.75) is 6.92 Å². The quantitative estimate of drug-likeness (QED) is 0.168. The number of aryl methyl sites for hydroxylation is 1. The third-order valence-corrected chi connectivity index (χ3v) is 4.30. The first-order valence-corrected chi connectivity index (χ1v) is 8.31. The molecule has 0 aromatic heterocycles. The van der Waals surface area contributed by atoms with E-state index in [0.29, 0.717) is 11.6 Å². The number of nitriles is 1. The Bertz CT molecular complexity index is 1110. The SMILES string of the molecule is Cc1ccc(F)c(N(C)N(C)C(=O)/C(C#N)=C(\O)c2cc(O)c(O)c([N+](=O)[O-])c2)c1. The van der Waals surface area contributed by atoms with Crippen molar-refractivity contribution in [3.8, 4) is 17.6 Å². The molecular formula is C19H17FN4O6. The van der Waals surface area contributed by atoms with Gasteiger partial charge >= 0.3 is 5.69 Å². The first-order valence-electron chi connectivity index (χ1n) is 8.31. The molecule has 0 atom stereocenters. The number of phenols is 2. The molecule has 0 unspecified atom stereocenters. The lowest BCUT2D eigenvalue weighted by Gasteiger charge is -2.30. The number of likely N-dealkylation sites (N-methyl/N-ethyl adjacent to an activating group) is 1. The van der Waals surface area contributed by atoms with Crippen molar-refractivity contribution in [2.75, 3.05) is 19.1 Å². The largest absolute Gasteiger partial charge is 0.506 e. The van der Waals surface area contributed by atoms with Gasteiger partial charge in [-0.3, -0.25) is 24.9 Å². The number of hydrogen-bond acceptors (Lipinski definition) is 8. The van der Waals surface area contributed by atoms with E-state index in [1.54, 1.807) is 6.92 Å². The van der Waals surface area contributed by atoms with Crippen LogP contribution in [-0.2, 0) is 4.79 Å². The average molecular weight is 416 g/mol. The van der Waals surface area contributed by atoms with Crippen LogP contribution in [0.1, 0.15) is 11.1 Å². The van der Waals surface area contributed by atoms with Crippen LogP contribution in [0.25, 0.3) is 5.76 Å². The third kappa shape index (κ3) is 4.07. The van der Waals surface area contributed by atoms with E-state index in [-0.39, 0.29) is 5.69 Å². The van der Waals surface area contributed by atoms with Crippen LogP contribution in [-0.4, -0.2) is 45.3 Å². The highest BCUT2D eigenvalue weighted by molar-refractivity contribution is 6.04. The number of aliphatic hydroxyl groups excluding tert-OH is 1. The predicted octanol–water partition coefficient (Wildman–Crippen LogP) is 2.76. The Morgan fingerprint density at radius 2 is 1.87 bits per heavy atom. The van der Waals surface area contributed by atoms with Crippen LogP contribution >= 0.6 is 0 Å². The van der Waals surface area contributed by atoms with Gasteiger partial charge in [-0.25, -0.2) is 4.39 Å². The number of aliphatic hydroxyl groups is 1. The fourth-order valence-corrected chi connectivity index (χ4v) is 2.56. The van der Waals surface area contributed by atoms with Gasteiger partial charge in [0, 0.05) is 25.7 Å². The number of rotatable bonds is 5. The first kappa shape index (κ1) is 22.0. The van der Waals surface area contributed by atoms with Crippen molar-refractivity contribution < 1.29 is 29.4 Å². The molecule has 0 spiro atoms. The fourth-order valence-electron chi connectivity index (χ4n) is 2.56. The molecule has 2 rings (SSSR count). The molecule has 0 radical (unpaired) electrons. The number of amides is 1. The number of halogens is 1. The molecule has 0 heterocycles. The van der Waals surface area contributed by atoms with Gasteiger partial charge in [-0.2, -0.15) is 5.26 Å². The second-order valence-electron chi connectivity index (χ2n) is 6.26. The summed E-state index contributed by atoms with van der Waals surface area (Å²) in [5, 5.41) is 51.9. The Labute approximate surface area is 170 Å². The lowest BCUT2D eigenvalue weighted by atomic mass is 10.1. The summed E-state index contributed by atoms with van der Waals surface area (Å²) < 4.78 is 14.1. The maximum Gasteiger partial charge on any atom is 0.315 e. The molecule has 0 saturated heterocycles. The average Bonchev–Trinajstić information content (AvgIpc) is 2.70. The second-order valence-corrected chi connectivity index (χ2v) is 6.26. The molecule has 0 bridgehead atoms. The Balaban J connectivity index is 2.51. The fraction of sp³-hybridized carbons (Fsp3) is 0.158. The van der Waals surface area contributed by atoms with Gasteiger partial charge in [-0.05, 0) is 30.7 Å². The van der Waals surface area contributed by atoms with Crippen LogP contribution in [0.2, 0.25) is 0 Å². The van der Waals surface area contributed by atoms with Gasteiger partial charge in [-0.1, -0.05) is 6.07 Å². The second kappa shape index (κ2) is 8.36. The van der Waals surface area contributed by atoms with E-state index in [1.165, 1.54) is 38.4 Å². The molecule has 30 heavy (non-hydrogen) atoms. The van der Waals surface area contributed by atoms with Crippen LogP contribution in [0.4, 0.5) is 15.8 Å². The van der Waals surface area contributed by atoms with Crippen LogP contribution < -0.4 is 5.01 Å². The number of hydrogen-bond donors (Lipinski definition) is 3. The highest BCUT2D eigenvalue weighted by Crippen LogP contribution is 2.38. The van der Waals surface area contributed by atoms with Crippen molar-refractivity contribution in [1.29, 1.82) is 5.26 Å². The normalized spacial score (nSPS) is 11.3. The summed E-state index contributed by atoms with van der Waals surface area (Å²) in [6.45, 7) is 1.72. The number of anilines is 1. The van der Waals surface area contributed by atoms with Gasteiger partial charge in [0.1, 0.15) is 17.6 Å². The molecule has 2 aromatic rings. The topological polar surface area (TPSA) is 151 Å². The van der Waals surface area contributed by atoms with Crippen molar-refractivity contribution in [1.82, 2.24) is 5.01 Å². The molecule has 2 aromatic carbocycles. The molecule has 0 aliphatic rings. The van der Waals surface area contributed by atoms with Crippen molar-refractivity contribution in [3.63, 3.8) is 0 Å². The highest BCUT2D eigenvalue weighted by atomic mass is 19.1. The number of nitro groups is 1. The minimum Gasteiger partial charge on any atom is -0.506 e. The summed E-state index contributed by atoms with van der Waals surface area (Å²) in [6.07, 6.45) is 0. The van der Waals surface area contributed by atoms with E-state index in [2.05, 4.69) is 0 Å². The Hall–Kier alpha value is -4.33. The summed E-state index contributed by atoms with van der Waals surface area (Å²) in [4.78, 5) is 22.7. The molecule has 1 amide bonds. The molecule has 156 valence electrons. The van der Waals surface area contributed by atoms with Gasteiger partial charge in [0.2, 0.25) is 5.75 Å². The van der Waals surface area contributed by atoms with E-state index >= 15 is 0 Å². The summed E-state index contributed by atoms with van der Waals surface area (Å²) >= 11 is 0. The monoisotopic (exact) mass is 416 g/mol. The van der Waals surface area contributed by atoms with Crippen molar-refractivity contribution >= 4 is 23.0 Å². The maximum absolute atomic E-state index is 14.1. The number of carbonyl (C=O) groups is 1. The number of aromatic hydroxyl groups is 2. The molecule has 10 nitrogen and oxygen atoms in total. The lowest BCUT2D eigenvalue weighted by molar-refractivity contribution is -0.386. The van der Waals surface area contributed by atoms with Gasteiger partial charge in [-0.15, -0.1) is 0 Å². The minimum absolute atomic E-state index is 0.0283. The van der Waals surface area contributed by atoms with Gasteiger partial charge in [0.05, 0.1) is 10.6 Å². The van der Waals surface area contributed by atoms with E-state index in [0.717, 1.165) is 16.1 Å². The standard InChI is InChI=1S/C19H17FN4O6/c1-10-4-5-13(20)14(6-10)22(2)23(3)19(28)12(9-21)17(26)11-7-15(24(29)30)18(27)16(25)8-11/h4-8,25-27H,1-3H3/b17-12-. The van der Waals surface area contributed by atoms with Crippen molar-refractivity contribution in [3.05, 3.63) is 63.0 Å². The van der Waals surface area contributed by atoms with Crippen LogP contribution in [0.3, 0.4) is 0 Å². The molecule has 0 aliphatic carbocycles. The number of benzene rings is 2. The van der Waals surface area contributed by atoms with Crippen molar-refractivity contribution in [2.24, 2.45) is 0 Å². The first-order chi connectivity index (χ1) is 14.0. The van der Waals surface area contributed by atoms with E-state index in [9.17, 15) is 39.9 Å². The molecule has 0 fully saturated rings. The van der Waals surface area contributed by atoms with E-state index < -0.39 is 50.7 Å². The highest BCUT2D eigenvalue weighted by Gasteiger charge is 2.27. The Morgan fingerprint density at radius 1 is 1.23 bits per heavy atom. The van der Waals surface area contributed by atoms with Gasteiger partial charge in [0.15, 0.2) is 11.3 Å². The summed E-state index contributed by atoms with van der Waals surface area (Å²) in [6, 6.07) is 7.16. The van der Waals surface area contributed by atoms with Gasteiger partial charge < -0.3 is 15.3 Å². The predicted molar refractivity (Wildman–Crippen MR) is 104 cm³/mol. The molecule has 0 saturated carbocycles. The van der Waals surface area contributed by atoms with Crippen LogP contribution in [0.15, 0.2) is 35.9 Å². The Morgan fingerprint density at radius 3 is 2.43 bits per heavy atom. The summed E-state index contributed by atoms with van der Waals surface area (Å²) in [5.41, 5.74) is -1.46. The lowest BCUT2D eigenvalue weighted by Crippen LogP contribution is -2.42. The molecule has 3 N–H and O–H groups in total. The van der Waals surface area contributed by atoms with Crippen LogP contribution in [0, 0.1) is 34.2 Å². The summed E-state index contributed by atoms with van der Waals surface area (Å²) in [5.74, 6) is -4.61. The number of carbonyl (C=O) groups excluding carboxylic acids is 1. The van der Waals surface area contributed by atoms with Crippen LogP contribution in [0.5, 0.6) is 11.5 Å². The number of nitrogens with zero attached hydrogens (tertiary/aromatic N) is 4. The maximum atomic E-state index is 14.1. The third-order valence-electron chi connectivity index (χ3n) is 4.30. The zero-order valence-corrected chi connectivity index (χ0v) is 16.1. The van der Waals surface area contributed by atoms with E-state index in [1.807, 2.05) is 0 Å². The molecule has 11 heteroatoms. The zero-order chi connectivity index (χ0) is 22.7. The van der Waals surface area contributed by atoms with E-state index in [4.69, 9.17) is 0 Å². The number of hydrazine groups is 1. The van der Waals surface area contributed by atoms with Gasteiger partial charge in [0.25, 0.3) is 5.91 Å². The smallest absolute Gasteiger partial charge is 0.315 e. The zero-order valence-electron chi connectivity index (χ0n) is 16.1. The molecule has 0 aliphatic heterocycles. The number of nitro benzene ring substituents is 1. The minimum atomic E-state index is -1.05. The summed E-state index contributed by atoms with van der Waals surface area (Å²) in [7, 11) is 2.59. The Kier molecular flexibility index (Phi) is 6.12.